The van der Waals surface area contributed by atoms with Crippen molar-refractivity contribution < 1.29 is 28.6 Å². The third-order valence-corrected chi connectivity index (χ3v) is 7.43. The average Bonchev–Trinajstić information content (AvgIpc) is 3.50. The Bertz CT molecular complexity index is 2300. The van der Waals surface area contributed by atoms with Crippen molar-refractivity contribution in [2.24, 2.45) is 0 Å². The van der Waals surface area contributed by atoms with Crippen LogP contribution < -0.4 is 0 Å². The van der Waals surface area contributed by atoms with Gasteiger partial charge in [0.1, 0.15) is 5.58 Å². The molecule has 8 rings (SSSR count). The van der Waals surface area contributed by atoms with Crippen LogP contribution in [-0.2, 0) is 20.1 Å². The Balaban J connectivity index is 0.000000194. The van der Waals surface area contributed by atoms with E-state index >= 15 is 0 Å². The molecule has 0 unspecified atom stereocenters. The summed E-state index contributed by atoms with van der Waals surface area (Å²) in [6, 6.07) is 39.7. The normalized spacial score (nSPS) is 12.1. The summed E-state index contributed by atoms with van der Waals surface area (Å²) >= 11 is 0. The summed E-state index contributed by atoms with van der Waals surface area (Å²) in [5.41, 5.74) is 8.66. The number of nitrogens with zero attached hydrogens (tertiary/aromatic N) is 3. The minimum Gasteiger partial charge on any atom is -0.500 e. The van der Waals surface area contributed by atoms with Gasteiger partial charge >= 0.3 is 0 Å². The molecule has 0 spiro atoms. The molecule has 0 aliphatic rings. The molecule has 0 amide bonds. The van der Waals surface area contributed by atoms with Crippen LogP contribution in [0.5, 0.6) is 0 Å². The number of hydrogen-bond donors (Lipinski definition) is 0. The predicted octanol–water partition coefficient (Wildman–Crippen LogP) is 9.83. The molecule has 4 heterocycles. The smallest absolute Gasteiger partial charge is 0.129 e. The molecule has 0 aliphatic carbocycles. The van der Waals surface area contributed by atoms with Gasteiger partial charge in [-0.25, -0.2) is 0 Å². The summed E-state index contributed by atoms with van der Waals surface area (Å²) < 4.78 is 28.3. The molecular weight excluding hydrogens is 719 g/mol. The van der Waals surface area contributed by atoms with E-state index in [1.54, 1.807) is 24.4 Å². The molecule has 0 N–H and O–H groups in total. The fraction of sp³-hybridized carbons (Fsp3) is 0.0513. The summed E-state index contributed by atoms with van der Waals surface area (Å²) in [5.74, 6) is 0. The first-order valence-electron chi connectivity index (χ1n) is 15.4. The summed E-state index contributed by atoms with van der Waals surface area (Å²) in [5, 5.41) is 4.49. The Labute approximate surface area is 274 Å². The zero-order valence-corrected chi connectivity index (χ0v) is 26.1. The summed E-state index contributed by atoms with van der Waals surface area (Å²) in [6.45, 7) is 0.0365. The van der Waals surface area contributed by atoms with Crippen molar-refractivity contribution in [3.05, 3.63) is 151 Å². The molecule has 44 heavy (non-hydrogen) atoms. The van der Waals surface area contributed by atoms with Crippen molar-refractivity contribution >= 4 is 32.7 Å². The molecule has 0 fully saturated rings. The molecule has 0 saturated carbocycles. The SMILES string of the molecule is Cc1ccc(-c2cccc3ccncc23)c2oc3c(-c4ccccn4)[c-]ccc3c12.[2H]C([2H])([2H])c1ccc(-c2[c-]cccc2)nc1.[Ir]. The van der Waals surface area contributed by atoms with Gasteiger partial charge < -0.3 is 14.4 Å². The molecule has 0 bridgehead atoms. The first kappa shape index (κ1) is 25.5. The van der Waals surface area contributed by atoms with E-state index in [1.807, 2.05) is 60.9 Å². The molecule has 4 nitrogen and oxygen atoms in total. The molecule has 0 aliphatic heterocycles. The van der Waals surface area contributed by atoms with Crippen molar-refractivity contribution in [3.8, 4) is 33.6 Å². The van der Waals surface area contributed by atoms with E-state index < -0.39 is 6.85 Å². The largest absolute Gasteiger partial charge is 0.500 e. The fourth-order valence-corrected chi connectivity index (χ4v) is 5.38. The van der Waals surface area contributed by atoms with E-state index in [4.69, 9.17) is 8.53 Å². The van der Waals surface area contributed by atoms with Crippen LogP contribution in [0, 0.1) is 25.9 Å². The van der Waals surface area contributed by atoms with Gasteiger partial charge in [-0.2, -0.15) is 0 Å². The van der Waals surface area contributed by atoms with Crippen LogP contribution in [0.3, 0.4) is 0 Å². The van der Waals surface area contributed by atoms with Gasteiger partial charge in [0.05, 0.1) is 5.58 Å². The summed E-state index contributed by atoms with van der Waals surface area (Å²) in [7, 11) is 0. The second-order valence-corrected chi connectivity index (χ2v) is 10.2. The molecule has 215 valence electrons. The molecule has 4 aromatic heterocycles. The Hall–Kier alpha value is -4.96. The van der Waals surface area contributed by atoms with Crippen molar-refractivity contribution in [3.63, 3.8) is 0 Å². The van der Waals surface area contributed by atoms with Crippen LogP contribution in [0.1, 0.15) is 15.2 Å². The van der Waals surface area contributed by atoms with Gasteiger partial charge in [0.2, 0.25) is 0 Å². The summed E-state index contributed by atoms with van der Waals surface area (Å²) in [6.07, 6.45) is 6.94. The van der Waals surface area contributed by atoms with Crippen LogP contribution in [0.15, 0.2) is 132 Å². The van der Waals surface area contributed by atoms with Gasteiger partial charge in [-0.3, -0.25) is 4.98 Å². The van der Waals surface area contributed by atoms with Crippen LogP contribution >= 0.6 is 0 Å². The van der Waals surface area contributed by atoms with E-state index in [2.05, 4.69) is 70.4 Å². The van der Waals surface area contributed by atoms with E-state index in [-0.39, 0.29) is 25.7 Å². The Morgan fingerprint density at radius 3 is 2.41 bits per heavy atom. The Morgan fingerprint density at radius 2 is 1.61 bits per heavy atom. The van der Waals surface area contributed by atoms with Crippen molar-refractivity contribution in [2.45, 2.75) is 13.8 Å². The molecule has 1 radical (unpaired) electrons. The van der Waals surface area contributed by atoms with E-state index in [1.165, 1.54) is 11.8 Å². The number of pyridine rings is 3. The topological polar surface area (TPSA) is 51.8 Å². The quantitative estimate of drug-likeness (QED) is 0.169. The molecule has 8 aromatic rings. The second kappa shape index (κ2) is 12.7. The predicted molar refractivity (Wildman–Crippen MR) is 175 cm³/mol. The molecule has 0 saturated heterocycles. The van der Waals surface area contributed by atoms with Crippen molar-refractivity contribution in [2.75, 3.05) is 0 Å². The van der Waals surface area contributed by atoms with Crippen molar-refractivity contribution in [1.29, 1.82) is 0 Å². The standard InChI is InChI=1S/C27H17N2O.C12H10N.Ir/c1-17-11-12-20(19-7-4-6-18-13-15-28-16-23(18)19)27-25(17)22-9-5-8-21(26(22)30-27)24-10-2-3-14-29-24;1-10-7-8-12(13-9-10)11-5-3-2-4-6-11;/h2-7,9-16H,1H3;2-5,7-9H,1H3;/q2*-1;/i;1D3;. The number of furan rings is 1. The number of fused-ring (bicyclic) bond motifs is 4. The van der Waals surface area contributed by atoms with Gasteiger partial charge in [-0.1, -0.05) is 65.5 Å². The van der Waals surface area contributed by atoms with E-state index in [0.717, 1.165) is 66.4 Å². The number of hydrogen-bond acceptors (Lipinski definition) is 4. The molecular formula is C39H27IrN3O-2. The molecule has 0 atom stereocenters. The third kappa shape index (κ3) is 5.56. The Kier molecular flexibility index (Phi) is 7.38. The van der Waals surface area contributed by atoms with Gasteiger partial charge in [0.15, 0.2) is 0 Å². The first-order valence-corrected chi connectivity index (χ1v) is 13.9. The Morgan fingerprint density at radius 1 is 0.682 bits per heavy atom. The monoisotopic (exact) mass is 749 g/mol. The second-order valence-electron chi connectivity index (χ2n) is 10.2. The van der Waals surface area contributed by atoms with Crippen LogP contribution in [0.25, 0.3) is 66.4 Å². The zero-order chi connectivity index (χ0) is 31.7. The van der Waals surface area contributed by atoms with Crippen LogP contribution in [-0.4, -0.2) is 15.0 Å². The number of rotatable bonds is 3. The van der Waals surface area contributed by atoms with Crippen LogP contribution in [0.2, 0.25) is 0 Å². The van der Waals surface area contributed by atoms with Crippen molar-refractivity contribution in [1.82, 2.24) is 15.0 Å². The van der Waals surface area contributed by atoms with Gasteiger partial charge in [-0.05, 0) is 59.4 Å². The van der Waals surface area contributed by atoms with E-state index in [0.29, 0.717) is 0 Å². The average molecular weight is 749 g/mol. The summed E-state index contributed by atoms with van der Waals surface area (Å²) in [4.78, 5) is 13.0. The third-order valence-electron chi connectivity index (χ3n) is 7.43. The minimum atomic E-state index is -2.09. The maximum atomic E-state index is 7.23. The number of aromatic nitrogens is 3. The zero-order valence-electron chi connectivity index (χ0n) is 26.7. The van der Waals surface area contributed by atoms with Crippen LogP contribution in [0.4, 0.5) is 0 Å². The van der Waals surface area contributed by atoms with Gasteiger partial charge in [0.25, 0.3) is 0 Å². The first-order chi connectivity index (χ1) is 22.4. The molecule has 4 aromatic carbocycles. The fourth-order valence-electron chi connectivity index (χ4n) is 5.38. The number of benzene rings is 4. The minimum absolute atomic E-state index is 0. The van der Waals surface area contributed by atoms with Gasteiger partial charge in [-0.15, -0.1) is 54.1 Å². The maximum Gasteiger partial charge on any atom is 0.129 e. The number of aryl methyl sites for hydroxylation is 2. The van der Waals surface area contributed by atoms with E-state index in [9.17, 15) is 0 Å². The van der Waals surface area contributed by atoms with Gasteiger partial charge in [0, 0.05) is 65.3 Å². The maximum absolute atomic E-state index is 7.23. The molecule has 5 heteroatoms.